The molecule has 0 aliphatic carbocycles. The second kappa shape index (κ2) is 7.55. The average Bonchev–Trinajstić information content (AvgIpc) is 3.34. The number of hydrogen-bond donors (Lipinski definition) is 0. The van der Waals surface area contributed by atoms with E-state index in [4.69, 9.17) is 34.8 Å². The van der Waals surface area contributed by atoms with Crippen molar-refractivity contribution in [1.29, 1.82) is 0 Å². The number of carbonyl (C=O) groups excluding carboxylic acids is 1. The van der Waals surface area contributed by atoms with Gasteiger partial charge in [0.05, 0.1) is 26.4 Å². The first kappa shape index (κ1) is 18.4. The van der Waals surface area contributed by atoms with Gasteiger partial charge in [0.25, 0.3) is 5.91 Å². The van der Waals surface area contributed by atoms with E-state index in [2.05, 4.69) is 5.10 Å². The maximum Gasteiger partial charge on any atom is 0.272 e. The van der Waals surface area contributed by atoms with Crippen molar-refractivity contribution in [3.63, 3.8) is 0 Å². The normalized spacial score (nSPS) is 14.0. The quantitative estimate of drug-likeness (QED) is 0.542. The maximum atomic E-state index is 13.1. The lowest BCUT2D eigenvalue weighted by molar-refractivity contribution is 0.0784. The molecule has 4 rings (SSSR count). The summed E-state index contributed by atoms with van der Waals surface area (Å²) in [5.74, 6) is -0.0515. The summed E-state index contributed by atoms with van der Waals surface area (Å²) in [5.41, 5.74) is 2.55. The van der Waals surface area contributed by atoms with Crippen LogP contribution in [-0.4, -0.2) is 33.7 Å². The lowest BCUT2D eigenvalue weighted by Gasteiger charge is -2.16. The van der Waals surface area contributed by atoms with Crippen molar-refractivity contribution >= 4 is 40.7 Å². The van der Waals surface area contributed by atoms with Crippen molar-refractivity contribution in [2.24, 2.45) is 0 Å². The van der Waals surface area contributed by atoms with E-state index < -0.39 is 0 Å². The highest BCUT2D eigenvalue weighted by Crippen LogP contribution is 2.30. The van der Waals surface area contributed by atoms with Crippen LogP contribution in [0, 0.1) is 0 Å². The van der Waals surface area contributed by atoms with E-state index >= 15 is 0 Å². The van der Waals surface area contributed by atoms with Gasteiger partial charge in [0.2, 0.25) is 0 Å². The molecule has 2 aromatic carbocycles. The highest BCUT2D eigenvalue weighted by Gasteiger charge is 2.25. The Morgan fingerprint density at radius 1 is 0.889 bits per heavy atom. The van der Waals surface area contributed by atoms with E-state index in [0.29, 0.717) is 32.1 Å². The second-order valence-electron chi connectivity index (χ2n) is 6.40. The highest BCUT2D eigenvalue weighted by atomic mass is 35.5. The molecule has 138 valence electrons. The molecule has 1 aliphatic rings. The fourth-order valence-electron chi connectivity index (χ4n) is 3.23. The summed E-state index contributed by atoms with van der Waals surface area (Å²) in [4.78, 5) is 14.9. The van der Waals surface area contributed by atoms with E-state index in [1.165, 1.54) is 0 Å². The van der Waals surface area contributed by atoms with Gasteiger partial charge >= 0.3 is 0 Å². The third kappa shape index (κ3) is 3.57. The summed E-state index contributed by atoms with van der Waals surface area (Å²) in [7, 11) is 0. The molecule has 1 fully saturated rings. The molecule has 0 N–H and O–H groups in total. The van der Waals surface area contributed by atoms with Gasteiger partial charge in [-0.15, -0.1) is 0 Å². The number of amides is 1. The molecule has 0 unspecified atom stereocenters. The number of nitrogens with zero attached hydrogens (tertiary/aromatic N) is 3. The first-order valence-corrected chi connectivity index (χ1v) is 9.77. The van der Waals surface area contributed by atoms with Gasteiger partial charge in [-0.3, -0.25) is 4.79 Å². The molecule has 3 aromatic rings. The van der Waals surface area contributed by atoms with Crippen LogP contribution in [0.15, 0.2) is 48.5 Å². The second-order valence-corrected chi connectivity index (χ2v) is 7.63. The summed E-state index contributed by atoms with van der Waals surface area (Å²) < 4.78 is 1.61. The molecule has 1 aromatic heterocycles. The first-order valence-electron chi connectivity index (χ1n) is 8.64. The van der Waals surface area contributed by atoms with Crippen LogP contribution in [0.1, 0.15) is 23.3 Å². The first-order chi connectivity index (χ1) is 13.0. The van der Waals surface area contributed by atoms with E-state index in [-0.39, 0.29) is 5.91 Å². The van der Waals surface area contributed by atoms with E-state index in [1.54, 1.807) is 35.0 Å². The van der Waals surface area contributed by atoms with E-state index in [9.17, 15) is 4.79 Å². The molecule has 0 atom stereocenters. The zero-order valence-electron chi connectivity index (χ0n) is 14.3. The van der Waals surface area contributed by atoms with Gasteiger partial charge < -0.3 is 4.90 Å². The van der Waals surface area contributed by atoms with Crippen LogP contribution in [0.5, 0.6) is 0 Å². The fraction of sp³-hybridized carbons (Fsp3) is 0.200. The summed E-state index contributed by atoms with van der Waals surface area (Å²) >= 11 is 18.6. The predicted molar refractivity (Wildman–Crippen MR) is 109 cm³/mol. The number of benzene rings is 2. The number of carbonyl (C=O) groups is 1. The molecular formula is C20H16Cl3N3O. The molecule has 7 heteroatoms. The molecule has 0 spiro atoms. The van der Waals surface area contributed by atoms with E-state index in [1.807, 2.05) is 23.1 Å². The Kier molecular flexibility index (Phi) is 5.13. The van der Waals surface area contributed by atoms with Gasteiger partial charge in [0.1, 0.15) is 5.69 Å². The minimum atomic E-state index is -0.0515. The number of rotatable bonds is 3. The van der Waals surface area contributed by atoms with Gasteiger partial charge in [-0.05, 0) is 43.2 Å². The summed E-state index contributed by atoms with van der Waals surface area (Å²) in [5, 5.41) is 6.09. The number of halogens is 3. The average molecular weight is 421 g/mol. The van der Waals surface area contributed by atoms with Gasteiger partial charge in [0.15, 0.2) is 0 Å². The van der Waals surface area contributed by atoms with Crippen LogP contribution in [-0.2, 0) is 0 Å². The van der Waals surface area contributed by atoms with Crippen LogP contribution in [0.2, 0.25) is 15.1 Å². The van der Waals surface area contributed by atoms with Crippen molar-refractivity contribution in [1.82, 2.24) is 14.7 Å². The molecule has 1 saturated heterocycles. The van der Waals surface area contributed by atoms with Crippen molar-refractivity contribution in [2.45, 2.75) is 12.8 Å². The number of likely N-dealkylation sites (tertiary alicyclic amines) is 1. The smallest absolute Gasteiger partial charge is 0.272 e. The van der Waals surface area contributed by atoms with Crippen molar-refractivity contribution < 1.29 is 4.79 Å². The van der Waals surface area contributed by atoms with Gasteiger partial charge in [-0.1, -0.05) is 53.0 Å². The Balaban J connectivity index is 1.85. The summed E-state index contributed by atoms with van der Waals surface area (Å²) in [6.45, 7) is 1.51. The Bertz CT molecular complexity index is 1010. The Labute approximate surface area is 172 Å². The SMILES string of the molecule is O=C(c1cc(-c2ccccc2Cl)nn1-c1ccc(Cl)c(Cl)c1)N1CCCC1. The van der Waals surface area contributed by atoms with Crippen LogP contribution in [0.3, 0.4) is 0 Å². The minimum Gasteiger partial charge on any atom is -0.337 e. The largest absolute Gasteiger partial charge is 0.337 e. The Morgan fingerprint density at radius 3 is 2.33 bits per heavy atom. The van der Waals surface area contributed by atoms with E-state index in [0.717, 1.165) is 31.5 Å². The number of hydrogen-bond acceptors (Lipinski definition) is 2. The molecule has 0 radical (unpaired) electrons. The molecule has 2 heterocycles. The Morgan fingerprint density at radius 2 is 1.63 bits per heavy atom. The molecule has 27 heavy (non-hydrogen) atoms. The third-order valence-electron chi connectivity index (χ3n) is 4.62. The lowest BCUT2D eigenvalue weighted by atomic mass is 10.1. The number of aromatic nitrogens is 2. The molecule has 4 nitrogen and oxygen atoms in total. The predicted octanol–water partition coefficient (Wildman–Crippen LogP) is 5.74. The monoisotopic (exact) mass is 419 g/mol. The molecule has 0 bridgehead atoms. The standard InChI is InChI=1S/C20H16Cl3N3O/c21-15-6-2-1-5-14(15)18-12-19(20(27)25-9-3-4-10-25)26(24-18)13-7-8-16(22)17(23)11-13/h1-2,5-8,11-12H,3-4,9-10H2. The summed E-state index contributed by atoms with van der Waals surface area (Å²) in [6.07, 6.45) is 2.04. The Hall–Kier alpha value is -2.01. The topological polar surface area (TPSA) is 38.1 Å². The maximum absolute atomic E-state index is 13.1. The molecule has 0 saturated carbocycles. The van der Waals surface area contributed by atoms with Crippen molar-refractivity contribution in [3.8, 4) is 16.9 Å². The van der Waals surface area contributed by atoms with Gasteiger partial charge in [-0.25, -0.2) is 4.68 Å². The zero-order chi connectivity index (χ0) is 19.0. The van der Waals surface area contributed by atoms with Crippen molar-refractivity contribution in [2.75, 3.05) is 13.1 Å². The van der Waals surface area contributed by atoms with Crippen LogP contribution >= 0.6 is 34.8 Å². The van der Waals surface area contributed by atoms with Gasteiger partial charge in [-0.2, -0.15) is 5.10 Å². The zero-order valence-corrected chi connectivity index (χ0v) is 16.6. The third-order valence-corrected chi connectivity index (χ3v) is 5.69. The summed E-state index contributed by atoms with van der Waals surface area (Å²) in [6, 6.07) is 14.4. The van der Waals surface area contributed by atoms with Crippen LogP contribution < -0.4 is 0 Å². The molecule has 1 aliphatic heterocycles. The van der Waals surface area contributed by atoms with Crippen LogP contribution in [0.4, 0.5) is 0 Å². The lowest BCUT2D eigenvalue weighted by Crippen LogP contribution is -2.29. The minimum absolute atomic E-state index is 0.0515. The van der Waals surface area contributed by atoms with Crippen LogP contribution in [0.25, 0.3) is 16.9 Å². The van der Waals surface area contributed by atoms with Crippen molar-refractivity contribution in [3.05, 3.63) is 69.3 Å². The highest BCUT2D eigenvalue weighted by molar-refractivity contribution is 6.42. The molecular weight excluding hydrogens is 405 g/mol. The fourth-order valence-corrected chi connectivity index (χ4v) is 3.75. The molecule has 1 amide bonds. The van der Waals surface area contributed by atoms with Gasteiger partial charge in [0, 0.05) is 18.7 Å².